The molecule has 0 radical (unpaired) electrons. The minimum Gasteiger partial charge on any atom is -0.459 e. The van der Waals surface area contributed by atoms with E-state index in [-0.39, 0.29) is 19.1 Å². The van der Waals surface area contributed by atoms with E-state index in [4.69, 9.17) is 20.8 Å². The van der Waals surface area contributed by atoms with Crippen molar-refractivity contribution in [3.8, 4) is 11.3 Å². The molecule has 0 unspecified atom stereocenters. The normalized spacial score (nSPS) is 10.5. The number of halogens is 1. The Bertz CT molecular complexity index is 887. The summed E-state index contributed by atoms with van der Waals surface area (Å²) in [6.45, 7) is -0.0268. The molecule has 2 aromatic heterocycles. The minimum absolute atomic E-state index is 0.281. The molecule has 3 rings (SSSR count). The molecule has 26 heavy (non-hydrogen) atoms. The largest absolute Gasteiger partial charge is 0.459 e. The highest BCUT2D eigenvalue weighted by Gasteiger charge is 2.16. The van der Waals surface area contributed by atoms with Crippen LogP contribution < -0.4 is 0 Å². The molecule has 0 aliphatic rings. The molecular weight excluding hydrogens is 374 g/mol. The lowest BCUT2D eigenvalue weighted by Gasteiger charge is -2.15. The number of hydrogen-bond acceptors (Lipinski definition) is 5. The van der Waals surface area contributed by atoms with Crippen LogP contribution >= 0.6 is 22.9 Å². The third kappa shape index (κ3) is 4.53. The van der Waals surface area contributed by atoms with Crippen LogP contribution in [-0.2, 0) is 16.1 Å². The van der Waals surface area contributed by atoms with Gasteiger partial charge in [-0.3, -0.25) is 4.79 Å². The van der Waals surface area contributed by atoms with Gasteiger partial charge in [0.15, 0.2) is 6.61 Å². The molecule has 0 aliphatic carbocycles. The van der Waals surface area contributed by atoms with Crippen molar-refractivity contribution >= 4 is 34.8 Å². The van der Waals surface area contributed by atoms with E-state index < -0.39 is 5.97 Å². The molecule has 0 atom stereocenters. The van der Waals surface area contributed by atoms with E-state index in [2.05, 4.69) is 0 Å². The van der Waals surface area contributed by atoms with Crippen molar-refractivity contribution < 1.29 is 18.7 Å². The van der Waals surface area contributed by atoms with E-state index >= 15 is 0 Å². The van der Waals surface area contributed by atoms with Crippen LogP contribution in [0.3, 0.4) is 0 Å². The summed E-state index contributed by atoms with van der Waals surface area (Å²) >= 11 is 7.16. The van der Waals surface area contributed by atoms with Gasteiger partial charge in [-0.1, -0.05) is 17.7 Å². The summed E-state index contributed by atoms with van der Waals surface area (Å²) in [5.74, 6) is 0.529. The molecule has 0 bridgehead atoms. The predicted molar refractivity (Wildman–Crippen MR) is 100 cm³/mol. The fraction of sp³-hybridized carbons (Fsp3) is 0.158. The lowest BCUT2D eigenvalue weighted by molar-refractivity contribution is -0.133. The van der Waals surface area contributed by atoms with E-state index in [0.29, 0.717) is 21.4 Å². The SMILES string of the molecule is CN(Cc1ccc(-c2ccc(Cl)cc2)o1)C(=O)COC(=O)c1cccs1. The molecule has 0 spiro atoms. The van der Waals surface area contributed by atoms with E-state index in [1.54, 1.807) is 36.7 Å². The Morgan fingerprint density at radius 2 is 1.92 bits per heavy atom. The molecule has 0 N–H and O–H groups in total. The number of carbonyl (C=O) groups excluding carboxylic acids is 2. The van der Waals surface area contributed by atoms with Crippen molar-refractivity contribution in [3.05, 3.63) is 69.6 Å². The van der Waals surface area contributed by atoms with Gasteiger partial charge < -0.3 is 14.1 Å². The number of hydrogen-bond donors (Lipinski definition) is 0. The molecule has 7 heteroatoms. The Morgan fingerprint density at radius 3 is 2.62 bits per heavy atom. The number of likely N-dealkylation sites (N-methyl/N-ethyl adjacent to an activating group) is 1. The molecule has 0 saturated heterocycles. The average molecular weight is 390 g/mol. The van der Waals surface area contributed by atoms with Crippen LogP contribution in [-0.4, -0.2) is 30.4 Å². The molecule has 0 aliphatic heterocycles. The van der Waals surface area contributed by atoms with Crippen molar-refractivity contribution in [2.75, 3.05) is 13.7 Å². The summed E-state index contributed by atoms with van der Waals surface area (Å²) in [7, 11) is 1.63. The first kappa shape index (κ1) is 18.2. The second-order valence-corrected chi connectivity index (χ2v) is 6.96. The van der Waals surface area contributed by atoms with Gasteiger partial charge >= 0.3 is 5.97 Å². The van der Waals surface area contributed by atoms with Gasteiger partial charge in [-0.15, -0.1) is 11.3 Å². The maximum absolute atomic E-state index is 12.1. The molecule has 1 aromatic carbocycles. The average Bonchev–Trinajstić information content (AvgIpc) is 3.32. The lowest BCUT2D eigenvalue weighted by Crippen LogP contribution is -2.30. The number of thiophene rings is 1. The molecule has 5 nitrogen and oxygen atoms in total. The van der Waals surface area contributed by atoms with Crippen molar-refractivity contribution in [3.63, 3.8) is 0 Å². The Kier molecular flexibility index (Phi) is 5.75. The zero-order valence-corrected chi connectivity index (χ0v) is 15.5. The number of ether oxygens (including phenoxy) is 1. The van der Waals surface area contributed by atoms with Crippen LogP contribution in [0.25, 0.3) is 11.3 Å². The van der Waals surface area contributed by atoms with E-state index in [9.17, 15) is 9.59 Å². The van der Waals surface area contributed by atoms with Crippen LogP contribution in [0.5, 0.6) is 0 Å². The fourth-order valence-electron chi connectivity index (χ4n) is 2.26. The second kappa shape index (κ2) is 8.21. The number of benzene rings is 1. The molecule has 2 heterocycles. The molecule has 0 fully saturated rings. The zero-order chi connectivity index (χ0) is 18.5. The van der Waals surface area contributed by atoms with E-state index in [0.717, 1.165) is 5.56 Å². The first-order valence-electron chi connectivity index (χ1n) is 7.82. The monoisotopic (exact) mass is 389 g/mol. The van der Waals surface area contributed by atoms with Crippen molar-refractivity contribution in [2.45, 2.75) is 6.54 Å². The number of furan rings is 1. The molecule has 1 amide bonds. The quantitative estimate of drug-likeness (QED) is 0.583. The van der Waals surface area contributed by atoms with Crippen LogP contribution in [0.15, 0.2) is 58.3 Å². The molecule has 0 saturated carbocycles. The van der Waals surface area contributed by atoms with Crippen LogP contribution in [0.4, 0.5) is 0 Å². The smallest absolute Gasteiger partial charge is 0.348 e. The van der Waals surface area contributed by atoms with Gasteiger partial charge in [-0.05, 0) is 47.8 Å². The van der Waals surface area contributed by atoms with Crippen molar-refractivity contribution in [2.24, 2.45) is 0 Å². The number of carbonyl (C=O) groups is 2. The number of esters is 1. The maximum Gasteiger partial charge on any atom is 0.348 e. The van der Waals surface area contributed by atoms with E-state index in [1.165, 1.54) is 16.2 Å². The topological polar surface area (TPSA) is 59.8 Å². The van der Waals surface area contributed by atoms with Gasteiger partial charge in [0.2, 0.25) is 0 Å². The van der Waals surface area contributed by atoms with Gasteiger partial charge in [0.05, 0.1) is 6.54 Å². The highest BCUT2D eigenvalue weighted by atomic mass is 35.5. The second-order valence-electron chi connectivity index (χ2n) is 5.58. The Labute approximate surface area is 159 Å². The lowest BCUT2D eigenvalue weighted by atomic mass is 10.2. The third-order valence-corrected chi connectivity index (χ3v) is 4.76. The highest BCUT2D eigenvalue weighted by molar-refractivity contribution is 7.11. The number of rotatable bonds is 6. The summed E-state index contributed by atoms with van der Waals surface area (Å²) in [5, 5.41) is 2.43. The van der Waals surface area contributed by atoms with Gasteiger partial charge in [0.25, 0.3) is 5.91 Å². The highest BCUT2D eigenvalue weighted by Crippen LogP contribution is 2.24. The fourth-order valence-corrected chi connectivity index (χ4v) is 3.00. The number of amides is 1. The minimum atomic E-state index is -0.496. The number of nitrogens with zero attached hydrogens (tertiary/aromatic N) is 1. The van der Waals surface area contributed by atoms with Crippen molar-refractivity contribution in [1.82, 2.24) is 4.90 Å². The van der Waals surface area contributed by atoms with Crippen molar-refractivity contribution in [1.29, 1.82) is 0 Å². The zero-order valence-electron chi connectivity index (χ0n) is 14.0. The van der Waals surface area contributed by atoms with Gasteiger partial charge in [-0.2, -0.15) is 0 Å². The van der Waals surface area contributed by atoms with Crippen LogP contribution in [0, 0.1) is 0 Å². The summed E-state index contributed by atoms with van der Waals surface area (Å²) < 4.78 is 10.8. The van der Waals surface area contributed by atoms with Crippen LogP contribution in [0.1, 0.15) is 15.4 Å². The van der Waals surface area contributed by atoms with Gasteiger partial charge in [-0.25, -0.2) is 4.79 Å². The van der Waals surface area contributed by atoms with Gasteiger partial charge in [0.1, 0.15) is 16.4 Å². The van der Waals surface area contributed by atoms with Crippen LogP contribution in [0.2, 0.25) is 5.02 Å². The maximum atomic E-state index is 12.1. The Morgan fingerprint density at radius 1 is 1.15 bits per heavy atom. The predicted octanol–water partition coefficient (Wildman–Crippen LogP) is 4.48. The summed E-state index contributed by atoms with van der Waals surface area (Å²) in [5.41, 5.74) is 0.902. The molecular formula is C19H16ClNO4S. The summed E-state index contributed by atoms with van der Waals surface area (Å²) in [6.07, 6.45) is 0. The molecule has 134 valence electrons. The summed E-state index contributed by atoms with van der Waals surface area (Å²) in [4.78, 5) is 25.8. The third-order valence-electron chi connectivity index (χ3n) is 3.66. The van der Waals surface area contributed by atoms with E-state index in [1.807, 2.05) is 24.3 Å². The Hall–Kier alpha value is -2.57. The summed E-state index contributed by atoms with van der Waals surface area (Å²) in [6, 6.07) is 14.4. The van der Waals surface area contributed by atoms with Gasteiger partial charge in [0, 0.05) is 17.6 Å². The standard InChI is InChI=1S/C19H16ClNO4S/c1-21(18(22)12-24-19(23)17-3-2-10-26-17)11-15-8-9-16(25-15)13-4-6-14(20)7-5-13/h2-10H,11-12H2,1H3. The first-order valence-corrected chi connectivity index (χ1v) is 9.08. The molecule has 3 aromatic rings. The Balaban J connectivity index is 1.54. The first-order chi connectivity index (χ1) is 12.5.